The number of hydrogen-bond donors (Lipinski definition) is 2. The summed E-state index contributed by atoms with van der Waals surface area (Å²) in [4.78, 5) is 14.2. The summed E-state index contributed by atoms with van der Waals surface area (Å²) in [5.41, 5.74) is 2.13. The van der Waals surface area contributed by atoms with Crippen molar-refractivity contribution in [2.24, 2.45) is 0 Å². The molecule has 2 rings (SSSR count). The van der Waals surface area contributed by atoms with Crippen molar-refractivity contribution in [3.05, 3.63) is 11.1 Å². The largest absolute Gasteiger partial charge is 0.390 e. The molecule has 1 atom stereocenters. The summed E-state index contributed by atoms with van der Waals surface area (Å²) in [5, 5.41) is 12.8. The lowest BCUT2D eigenvalue weighted by Gasteiger charge is -2.28. The molecule has 0 unspecified atom stereocenters. The standard InChI is InChI=1S/C15H26N2O3/c1-12(13-4-2-3-5-13)15(19)16-10-14(18)11-17-6-8-20-9-7-17/h14,18H,2-11H2,1H3,(H,16,19)/t14-/m0/s1. The number of nitrogens with one attached hydrogen (secondary N) is 1. The third-order valence-corrected chi connectivity index (χ3v) is 4.15. The van der Waals surface area contributed by atoms with Crippen LogP contribution in [0.15, 0.2) is 11.1 Å². The van der Waals surface area contributed by atoms with Gasteiger partial charge in [-0.25, -0.2) is 0 Å². The van der Waals surface area contributed by atoms with Gasteiger partial charge in [0, 0.05) is 31.8 Å². The summed E-state index contributed by atoms with van der Waals surface area (Å²) < 4.78 is 5.27. The van der Waals surface area contributed by atoms with Crippen molar-refractivity contribution in [3.63, 3.8) is 0 Å². The Morgan fingerprint density at radius 3 is 2.65 bits per heavy atom. The molecule has 0 radical (unpaired) electrons. The van der Waals surface area contributed by atoms with E-state index in [0.717, 1.165) is 44.7 Å². The van der Waals surface area contributed by atoms with Gasteiger partial charge >= 0.3 is 0 Å². The summed E-state index contributed by atoms with van der Waals surface area (Å²) in [7, 11) is 0. The van der Waals surface area contributed by atoms with Crippen molar-refractivity contribution in [1.82, 2.24) is 10.2 Å². The number of β-amino-alcohol motifs (C(OH)–C–C–N with tert-alkyl or cyclic N) is 1. The summed E-state index contributed by atoms with van der Waals surface area (Å²) >= 11 is 0. The maximum absolute atomic E-state index is 12.0. The van der Waals surface area contributed by atoms with E-state index in [1.165, 1.54) is 18.4 Å². The highest BCUT2D eigenvalue weighted by molar-refractivity contribution is 5.93. The minimum Gasteiger partial charge on any atom is -0.390 e. The van der Waals surface area contributed by atoms with E-state index in [1.54, 1.807) is 0 Å². The van der Waals surface area contributed by atoms with Crippen LogP contribution in [0.2, 0.25) is 0 Å². The van der Waals surface area contributed by atoms with E-state index in [0.29, 0.717) is 13.1 Å². The Labute approximate surface area is 121 Å². The summed E-state index contributed by atoms with van der Waals surface area (Å²) in [6.07, 6.45) is 3.98. The Kier molecular flexibility index (Phi) is 6.01. The third-order valence-electron chi connectivity index (χ3n) is 4.15. The van der Waals surface area contributed by atoms with Gasteiger partial charge in [0.1, 0.15) is 0 Å². The lowest BCUT2D eigenvalue weighted by atomic mass is 10.1. The van der Waals surface area contributed by atoms with E-state index in [9.17, 15) is 9.90 Å². The molecule has 0 bridgehead atoms. The molecule has 20 heavy (non-hydrogen) atoms. The van der Waals surface area contributed by atoms with Gasteiger partial charge in [0.2, 0.25) is 5.91 Å². The monoisotopic (exact) mass is 282 g/mol. The van der Waals surface area contributed by atoms with Gasteiger partial charge in [-0.05, 0) is 32.6 Å². The van der Waals surface area contributed by atoms with Crippen molar-refractivity contribution in [2.75, 3.05) is 39.4 Å². The minimum absolute atomic E-state index is 0.0251. The molecule has 1 saturated heterocycles. The molecule has 2 aliphatic rings. The molecule has 1 aliphatic carbocycles. The van der Waals surface area contributed by atoms with E-state index in [1.807, 2.05) is 6.92 Å². The highest BCUT2D eigenvalue weighted by Crippen LogP contribution is 2.26. The van der Waals surface area contributed by atoms with Crippen LogP contribution in [0.5, 0.6) is 0 Å². The first-order chi connectivity index (χ1) is 9.66. The van der Waals surface area contributed by atoms with Crippen LogP contribution >= 0.6 is 0 Å². The highest BCUT2D eigenvalue weighted by Gasteiger charge is 2.17. The minimum atomic E-state index is -0.515. The fraction of sp³-hybridized carbons (Fsp3) is 0.800. The van der Waals surface area contributed by atoms with Crippen molar-refractivity contribution < 1.29 is 14.6 Å². The zero-order chi connectivity index (χ0) is 14.4. The lowest BCUT2D eigenvalue weighted by molar-refractivity contribution is -0.118. The smallest absolute Gasteiger partial charge is 0.246 e. The Morgan fingerprint density at radius 2 is 2.00 bits per heavy atom. The van der Waals surface area contributed by atoms with Crippen molar-refractivity contribution in [2.45, 2.75) is 38.7 Å². The van der Waals surface area contributed by atoms with Crippen molar-refractivity contribution >= 4 is 5.91 Å². The van der Waals surface area contributed by atoms with Gasteiger partial charge in [0.25, 0.3) is 0 Å². The number of allylic oxidation sites excluding steroid dienone is 1. The predicted octanol–water partition coefficient (Wildman–Crippen LogP) is 0.686. The Morgan fingerprint density at radius 1 is 1.35 bits per heavy atom. The van der Waals surface area contributed by atoms with E-state index in [4.69, 9.17) is 4.74 Å². The van der Waals surface area contributed by atoms with Crippen LogP contribution in [0.3, 0.4) is 0 Å². The third kappa shape index (κ3) is 4.58. The molecule has 5 nitrogen and oxygen atoms in total. The summed E-state index contributed by atoms with van der Waals surface area (Å²) in [6, 6.07) is 0. The van der Waals surface area contributed by atoms with Crippen LogP contribution in [-0.2, 0) is 9.53 Å². The average molecular weight is 282 g/mol. The molecule has 1 aliphatic heterocycles. The second-order valence-corrected chi connectivity index (χ2v) is 5.71. The summed E-state index contributed by atoms with van der Waals surface area (Å²) in [6.45, 7) is 5.97. The first-order valence-corrected chi connectivity index (χ1v) is 7.62. The van der Waals surface area contributed by atoms with Gasteiger partial charge < -0.3 is 15.2 Å². The van der Waals surface area contributed by atoms with Crippen molar-refractivity contribution in [1.29, 1.82) is 0 Å². The van der Waals surface area contributed by atoms with Gasteiger partial charge in [-0.15, -0.1) is 0 Å². The quantitative estimate of drug-likeness (QED) is 0.728. The highest BCUT2D eigenvalue weighted by atomic mass is 16.5. The number of morpholine rings is 1. The number of rotatable bonds is 5. The molecular weight excluding hydrogens is 256 g/mol. The van der Waals surface area contributed by atoms with Crippen LogP contribution in [0, 0.1) is 0 Å². The number of hydrogen-bond acceptors (Lipinski definition) is 4. The van der Waals surface area contributed by atoms with Gasteiger partial charge in [0.05, 0.1) is 19.3 Å². The van der Waals surface area contributed by atoms with Crippen LogP contribution < -0.4 is 5.32 Å². The number of carbonyl (C=O) groups excluding carboxylic acids is 1. The molecule has 2 fully saturated rings. The SMILES string of the molecule is CC(C(=O)NC[C@H](O)CN1CCOCC1)=C1CCCC1. The second kappa shape index (κ2) is 7.76. The Balaban J connectivity index is 1.70. The molecule has 1 heterocycles. The molecule has 2 N–H and O–H groups in total. The van der Waals surface area contributed by atoms with E-state index in [2.05, 4.69) is 10.2 Å². The zero-order valence-electron chi connectivity index (χ0n) is 12.4. The van der Waals surface area contributed by atoms with Crippen molar-refractivity contribution in [3.8, 4) is 0 Å². The Hall–Kier alpha value is -0.910. The molecule has 1 saturated carbocycles. The second-order valence-electron chi connectivity index (χ2n) is 5.71. The number of carbonyl (C=O) groups is 1. The van der Waals surface area contributed by atoms with E-state index >= 15 is 0 Å². The van der Waals surface area contributed by atoms with Crippen LogP contribution in [-0.4, -0.2) is 61.4 Å². The van der Waals surface area contributed by atoms with E-state index in [-0.39, 0.29) is 5.91 Å². The fourth-order valence-electron chi connectivity index (χ4n) is 2.83. The van der Waals surface area contributed by atoms with Gasteiger partial charge in [-0.3, -0.25) is 9.69 Å². The molecule has 0 spiro atoms. The molecule has 0 aromatic rings. The number of aliphatic hydroxyl groups excluding tert-OH is 1. The van der Waals surface area contributed by atoms with Gasteiger partial charge in [-0.1, -0.05) is 5.57 Å². The topological polar surface area (TPSA) is 61.8 Å². The van der Waals surface area contributed by atoms with Gasteiger partial charge in [-0.2, -0.15) is 0 Å². The molecule has 1 amide bonds. The predicted molar refractivity (Wildman–Crippen MR) is 77.4 cm³/mol. The first kappa shape index (κ1) is 15.5. The molecule has 114 valence electrons. The zero-order valence-corrected chi connectivity index (χ0v) is 12.4. The number of aliphatic hydroxyl groups is 1. The normalized spacial score (nSPS) is 21.8. The van der Waals surface area contributed by atoms with Crippen LogP contribution in [0.1, 0.15) is 32.6 Å². The number of nitrogens with zero attached hydrogens (tertiary/aromatic N) is 1. The molecule has 5 heteroatoms. The maximum Gasteiger partial charge on any atom is 0.246 e. The van der Waals surface area contributed by atoms with Crippen LogP contribution in [0.4, 0.5) is 0 Å². The average Bonchev–Trinajstić information content (AvgIpc) is 2.99. The lowest BCUT2D eigenvalue weighted by Crippen LogP contribution is -2.44. The molecular formula is C15H26N2O3. The van der Waals surface area contributed by atoms with E-state index < -0.39 is 6.10 Å². The van der Waals surface area contributed by atoms with Crippen LogP contribution in [0.25, 0.3) is 0 Å². The van der Waals surface area contributed by atoms with Gasteiger partial charge in [0.15, 0.2) is 0 Å². The maximum atomic E-state index is 12.0. The molecule has 0 aromatic heterocycles. The number of amides is 1. The Bertz CT molecular complexity index is 354. The number of ether oxygens (including phenoxy) is 1. The first-order valence-electron chi connectivity index (χ1n) is 7.62. The fourth-order valence-corrected chi connectivity index (χ4v) is 2.83. The molecule has 0 aromatic carbocycles. The summed E-state index contributed by atoms with van der Waals surface area (Å²) in [5.74, 6) is -0.0251.